The van der Waals surface area contributed by atoms with Crippen molar-refractivity contribution in [2.24, 2.45) is 0 Å². The molecule has 8 heteroatoms. The molecule has 0 saturated carbocycles. The van der Waals surface area contributed by atoms with Gasteiger partial charge in [-0.2, -0.15) is 13.2 Å². The molecule has 0 radical (unpaired) electrons. The van der Waals surface area contributed by atoms with E-state index in [1.165, 1.54) is 0 Å². The van der Waals surface area contributed by atoms with Crippen molar-refractivity contribution in [3.63, 3.8) is 0 Å². The average molecular weight is 305 g/mol. The molecule has 2 rings (SSSR count). The Hall–Kier alpha value is -1.76. The second kappa shape index (κ2) is 6.13. The Morgan fingerprint density at radius 3 is 2.70 bits per heavy atom. The first kappa shape index (κ1) is 14.6. The summed E-state index contributed by atoms with van der Waals surface area (Å²) in [5.74, 6) is 1.11. The lowest BCUT2D eigenvalue weighted by Crippen LogP contribution is -2.09. The summed E-state index contributed by atoms with van der Waals surface area (Å²) in [4.78, 5) is 10.7. The van der Waals surface area contributed by atoms with Crippen molar-refractivity contribution < 1.29 is 13.2 Å². The van der Waals surface area contributed by atoms with Crippen LogP contribution < -0.4 is 5.32 Å². The van der Waals surface area contributed by atoms with Gasteiger partial charge in [0.05, 0.1) is 10.6 Å². The van der Waals surface area contributed by atoms with Crippen LogP contribution in [0.15, 0.2) is 24.7 Å². The molecule has 0 bridgehead atoms. The van der Waals surface area contributed by atoms with Crippen molar-refractivity contribution >= 4 is 17.4 Å². The van der Waals surface area contributed by atoms with E-state index in [1.807, 2.05) is 0 Å². The highest BCUT2D eigenvalue weighted by Gasteiger charge is 2.31. The van der Waals surface area contributed by atoms with Crippen LogP contribution in [-0.4, -0.2) is 21.5 Å². The molecule has 0 amide bonds. The van der Waals surface area contributed by atoms with E-state index in [-0.39, 0.29) is 10.8 Å². The van der Waals surface area contributed by atoms with Crippen molar-refractivity contribution in [2.45, 2.75) is 19.0 Å². The van der Waals surface area contributed by atoms with Gasteiger partial charge in [0.25, 0.3) is 0 Å². The Labute approximate surface area is 118 Å². The first-order valence-electron chi connectivity index (χ1n) is 5.91. The maximum Gasteiger partial charge on any atom is 0.417 e. The number of nitrogens with one attached hydrogen (secondary N) is 2. The number of pyridine rings is 1. The predicted octanol–water partition coefficient (Wildman–Crippen LogP) is 3.52. The quantitative estimate of drug-likeness (QED) is 0.831. The van der Waals surface area contributed by atoms with Gasteiger partial charge in [0.15, 0.2) is 0 Å². The minimum absolute atomic E-state index is 0.0437. The molecule has 2 N–H and O–H groups in total. The molecule has 4 nitrogen and oxygen atoms in total. The van der Waals surface area contributed by atoms with Crippen LogP contribution in [0.1, 0.15) is 17.8 Å². The first-order valence-corrected chi connectivity index (χ1v) is 6.29. The van der Waals surface area contributed by atoms with Crippen LogP contribution >= 0.6 is 11.6 Å². The average Bonchev–Trinajstić information content (AvgIpc) is 2.88. The van der Waals surface area contributed by atoms with Crippen LogP contribution in [0, 0.1) is 0 Å². The van der Waals surface area contributed by atoms with Gasteiger partial charge >= 0.3 is 6.18 Å². The van der Waals surface area contributed by atoms with Crippen LogP contribution in [0.2, 0.25) is 5.02 Å². The number of anilines is 1. The minimum Gasteiger partial charge on any atom is -0.369 e. The molecule has 0 aliphatic heterocycles. The Morgan fingerprint density at radius 2 is 2.10 bits per heavy atom. The molecule has 0 saturated heterocycles. The summed E-state index contributed by atoms with van der Waals surface area (Å²) in [6, 6.07) is 0.865. The minimum atomic E-state index is -4.44. The van der Waals surface area contributed by atoms with Gasteiger partial charge in [-0.3, -0.25) is 0 Å². The number of nitrogens with zero attached hydrogens (tertiary/aromatic N) is 2. The van der Waals surface area contributed by atoms with Crippen molar-refractivity contribution in [3.05, 3.63) is 41.1 Å². The van der Waals surface area contributed by atoms with Gasteiger partial charge in [0.1, 0.15) is 11.6 Å². The number of H-pyrrole nitrogens is 1. The van der Waals surface area contributed by atoms with Gasteiger partial charge in [-0.25, -0.2) is 9.97 Å². The number of aryl methyl sites for hydroxylation is 1. The summed E-state index contributed by atoms with van der Waals surface area (Å²) in [5.41, 5.74) is -0.858. The number of imidazole rings is 1. The third-order valence-electron chi connectivity index (χ3n) is 2.61. The largest absolute Gasteiger partial charge is 0.417 e. The summed E-state index contributed by atoms with van der Waals surface area (Å²) in [7, 11) is 0. The molecule has 2 heterocycles. The fourth-order valence-electron chi connectivity index (χ4n) is 1.62. The van der Waals surface area contributed by atoms with Crippen LogP contribution in [-0.2, 0) is 12.6 Å². The molecule has 2 aromatic rings. The first-order chi connectivity index (χ1) is 9.47. The van der Waals surface area contributed by atoms with Crippen molar-refractivity contribution in [2.75, 3.05) is 11.9 Å². The molecule has 0 aliphatic carbocycles. The van der Waals surface area contributed by atoms with E-state index in [9.17, 15) is 13.2 Å². The van der Waals surface area contributed by atoms with Gasteiger partial charge in [-0.1, -0.05) is 11.6 Å². The lowest BCUT2D eigenvalue weighted by atomic mass is 10.2. The van der Waals surface area contributed by atoms with Gasteiger partial charge in [-0.15, -0.1) is 0 Å². The standard InChI is InChI=1S/C12H12ClF3N4/c13-9-6-8(12(14,15)16)7-20-11(9)19-3-1-2-10-17-4-5-18-10/h4-7H,1-3H2,(H,17,18)(H,19,20). The highest BCUT2D eigenvalue weighted by molar-refractivity contribution is 6.32. The number of aromatic nitrogens is 3. The molecule has 0 aromatic carbocycles. The second-order valence-corrected chi connectivity index (χ2v) is 4.53. The van der Waals surface area contributed by atoms with Gasteiger partial charge < -0.3 is 10.3 Å². The number of hydrogen-bond donors (Lipinski definition) is 2. The zero-order valence-corrected chi connectivity index (χ0v) is 11.1. The summed E-state index contributed by atoms with van der Waals surface area (Å²) >= 11 is 5.77. The molecule has 0 spiro atoms. The van der Waals surface area contributed by atoms with Gasteiger partial charge in [0, 0.05) is 31.6 Å². The van der Waals surface area contributed by atoms with Crippen LogP contribution in [0.4, 0.5) is 19.0 Å². The lowest BCUT2D eigenvalue weighted by Gasteiger charge is -2.10. The summed E-state index contributed by atoms with van der Waals surface area (Å²) in [5, 5.41) is 2.86. The highest BCUT2D eigenvalue weighted by atomic mass is 35.5. The molecule has 0 fully saturated rings. The molecule has 2 aromatic heterocycles. The normalized spacial score (nSPS) is 11.6. The predicted molar refractivity (Wildman–Crippen MR) is 69.6 cm³/mol. The molecule has 0 unspecified atom stereocenters. The topological polar surface area (TPSA) is 53.6 Å². The number of hydrogen-bond acceptors (Lipinski definition) is 3. The Balaban J connectivity index is 1.87. The van der Waals surface area contributed by atoms with Crippen LogP contribution in [0.5, 0.6) is 0 Å². The van der Waals surface area contributed by atoms with Crippen molar-refractivity contribution in [1.29, 1.82) is 0 Å². The van der Waals surface area contributed by atoms with E-state index in [1.54, 1.807) is 12.4 Å². The Bertz CT molecular complexity index is 554. The monoisotopic (exact) mass is 304 g/mol. The molecular formula is C12H12ClF3N4. The van der Waals surface area contributed by atoms with Crippen LogP contribution in [0.25, 0.3) is 0 Å². The Kier molecular flexibility index (Phi) is 4.49. The molecule has 0 aliphatic rings. The molecular weight excluding hydrogens is 293 g/mol. The third kappa shape index (κ3) is 3.86. The molecule has 0 atom stereocenters. The molecule has 108 valence electrons. The zero-order valence-electron chi connectivity index (χ0n) is 10.3. The fourth-order valence-corrected chi connectivity index (χ4v) is 1.85. The lowest BCUT2D eigenvalue weighted by molar-refractivity contribution is -0.137. The Morgan fingerprint density at radius 1 is 1.30 bits per heavy atom. The SMILES string of the molecule is FC(F)(F)c1cnc(NCCCc2ncc[nH]2)c(Cl)c1. The zero-order chi connectivity index (χ0) is 14.6. The number of aromatic amines is 1. The van der Waals surface area contributed by atoms with E-state index < -0.39 is 11.7 Å². The summed E-state index contributed by atoms with van der Waals surface area (Å²) < 4.78 is 37.3. The van der Waals surface area contributed by atoms with E-state index in [0.29, 0.717) is 6.54 Å². The van der Waals surface area contributed by atoms with Crippen molar-refractivity contribution in [3.8, 4) is 0 Å². The van der Waals surface area contributed by atoms with E-state index in [2.05, 4.69) is 20.3 Å². The third-order valence-corrected chi connectivity index (χ3v) is 2.89. The maximum atomic E-state index is 12.4. The van der Waals surface area contributed by atoms with E-state index >= 15 is 0 Å². The smallest absolute Gasteiger partial charge is 0.369 e. The van der Waals surface area contributed by atoms with Crippen LogP contribution in [0.3, 0.4) is 0 Å². The number of rotatable bonds is 5. The van der Waals surface area contributed by atoms with Gasteiger partial charge in [-0.05, 0) is 12.5 Å². The summed E-state index contributed by atoms with van der Waals surface area (Å²) in [6.45, 7) is 0.540. The highest BCUT2D eigenvalue weighted by Crippen LogP contribution is 2.32. The van der Waals surface area contributed by atoms with Crippen molar-refractivity contribution in [1.82, 2.24) is 15.0 Å². The summed E-state index contributed by atoms with van der Waals surface area (Å²) in [6.07, 6.45) is 1.22. The number of halogens is 4. The van der Waals surface area contributed by atoms with E-state index in [0.717, 1.165) is 30.9 Å². The number of alkyl halides is 3. The molecule has 20 heavy (non-hydrogen) atoms. The fraction of sp³-hybridized carbons (Fsp3) is 0.333. The second-order valence-electron chi connectivity index (χ2n) is 4.12. The van der Waals surface area contributed by atoms with Gasteiger partial charge in [0.2, 0.25) is 0 Å². The maximum absolute atomic E-state index is 12.4. The van der Waals surface area contributed by atoms with E-state index in [4.69, 9.17) is 11.6 Å².